The highest BCUT2D eigenvalue weighted by Crippen LogP contribution is 2.46. The first kappa shape index (κ1) is 20.2. The Kier molecular flexibility index (Phi) is 6.48. The molecule has 0 bridgehead atoms. The fourth-order valence-corrected chi connectivity index (χ4v) is 5.51. The molecule has 0 radical (unpaired) electrons. The van der Waals surface area contributed by atoms with E-state index in [4.69, 9.17) is 5.11 Å². The second-order valence-corrected chi connectivity index (χ2v) is 9.33. The topological polar surface area (TPSA) is 69.6 Å². The smallest absolute Gasteiger partial charge is 0.317 e. The Bertz CT molecular complexity index is 665. The van der Waals surface area contributed by atoms with Gasteiger partial charge >= 0.3 is 5.97 Å². The number of carbonyl (C=O) groups is 2. The summed E-state index contributed by atoms with van der Waals surface area (Å²) in [6.07, 6.45) is 5.74. The minimum absolute atomic E-state index is 0.0784. The molecular formula is C21H30N2O3S. The molecule has 27 heavy (non-hydrogen) atoms. The van der Waals surface area contributed by atoms with Gasteiger partial charge in [0, 0.05) is 17.0 Å². The Balaban J connectivity index is 1.57. The highest BCUT2D eigenvalue weighted by atomic mass is 32.2. The fourth-order valence-electron chi connectivity index (χ4n) is 4.15. The SMILES string of the molecule is CCN(CC(=O)O)C1CC(NC(=O)C2(Sc3ccc(C)cc3)CCCC2)C1. The number of carboxylic acid groups (broad SMARTS) is 1. The Morgan fingerprint density at radius 1 is 1.22 bits per heavy atom. The predicted octanol–water partition coefficient (Wildman–Crippen LogP) is 3.45. The van der Waals surface area contributed by atoms with Crippen molar-refractivity contribution in [1.82, 2.24) is 10.2 Å². The van der Waals surface area contributed by atoms with Crippen LogP contribution in [0, 0.1) is 6.92 Å². The van der Waals surface area contributed by atoms with Crippen LogP contribution in [0.5, 0.6) is 0 Å². The van der Waals surface area contributed by atoms with Gasteiger partial charge in [0.25, 0.3) is 0 Å². The Labute approximate surface area is 165 Å². The molecular weight excluding hydrogens is 360 g/mol. The van der Waals surface area contributed by atoms with Gasteiger partial charge in [0.05, 0.1) is 11.3 Å². The Morgan fingerprint density at radius 2 is 1.85 bits per heavy atom. The van der Waals surface area contributed by atoms with Crippen LogP contribution in [0.4, 0.5) is 0 Å². The van der Waals surface area contributed by atoms with Crippen LogP contribution < -0.4 is 5.32 Å². The third-order valence-electron chi connectivity index (χ3n) is 5.87. The number of carbonyl (C=O) groups excluding carboxylic acids is 1. The first-order valence-electron chi connectivity index (χ1n) is 9.94. The second-order valence-electron chi connectivity index (χ2n) is 7.87. The van der Waals surface area contributed by atoms with E-state index in [-0.39, 0.29) is 29.3 Å². The van der Waals surface area contributed by atoms with Crippen molar-refractivity contribution in [3.05, 3.63) is 29.8 Å². The first-order chi connectivity index (χ1) is 12.9. The van der Waals surface area contributed by atoms with Crippen molar-refractivity contribution >= 4 is 23.6 Å². The van der Waals surface area contributed by atoms with Gasteiger partial charge in [-0.2, -0.15) is 0 Å². The molecule has 6 heteroatoms. The number of benzene rings is 1. The van der Waals surface area contributed by atoms with E-state index in [9.17, 15) is 9.59 Å². The van der Waals surface area contributed by atoms with Crippen molar-refractivity contribution in [1.29, 1.82) is 0 Å². The summed E-state index contributed by atoms with van der Waals surface area (Å²) in [6, 6.07) is 8.85. The van der Waals surface area contributed by atoms with E-state index < -0.39 is 5.97 Å². The Hall–Kier alpha value is -1.53. The number of rotatable bonds is 8. The van der Waals surface area contributed by atoms with Crippen molar-refractivity contribution in [2.75, 3.05) is 13.1 Å². The van der Waals surface area contributed by atoms with E-state index in [1.807, 2.05) is 11.8 Å². The number of nitrogens with one attached hydrogen (secondary N) is 1. The van der Waals surface area contributed by atoms with Crippen molar-refractivity contribution in [2.24, 2.45) is 0 Å². The van der Waals surface area contributed by atoms with Gasteiger partial charge in [0.1, 0.15) is 0 Å². The molecule has 0 unspecified atom stereocenters. The zero-order valence-electron chi connectivity index (χ0n) is 16.2. The molecule has 148 valence electrons. The van der Waals surface area contributed by atoms with E-state index >= 15 is 0 Å². The molecule has 1 amide bonds. The summed E-state index contributed by atoms with van der Waals surface area (Å²) < 4.78 is -0.355. The lowest BCUT2D eigenvalue weighted by Gasteiger charge is -2.43. The van der Waals surface area contributed by atoms with E-state index in [2.05, 4.69) is 36.5 Å². The van der Waals surface area contributed by atoms with E-state index in [1.165, 1.54) is 5.56 Å². The van der Waals surface area contributed by atoms with Gasteiger partial charge in [0.2, 0.25) is 5.91 Å². The number of carboxylic acids is 1. The van der Waals surface area contributed by atoms with E-state index in [0.29, 0.717) is 0 Å². The number of nitrogens with zero attached hydrogens (tertiary/aromatic N) is 1. The fraction of sp³-hybridized carbons (Fsp3) is 0.619. The maximum absolute atomic E-state index is 13.1. The molecule has 0 saturated heterocycles. The number of aryl methyl sites for hydroxylation is 1. The second kappa shape index (κ2) is 8.65. The lowest BCUT2D eigenvalue weighted by Crippen LogP contribution is -2.57. The van der Waals surface area contributed by atoms with Gasteiger partial charge in [-0.1, -0.05) is 37.5 Å². The third kappa shape index (κ3) is 4.85. The van der Waals surface area contributed by atoms with Crippen molar-refractivity contribution < 1.29 is 14.7 Å². The molecule has 5 nitrogen and oxygen atoms in total. The lowest BCUT2D eigenvalue weighted by molar-refractivity contribution is -0.140. The maximum Gasteiger partial charge on any atom is 0.317 e. The van der Waals surface area contributed by atoms with Crippen molar-refractivity contribution in [2.45, 2.75) is 74.1 Å². The molecule has 3 rings (SSSR count). The highest BCUT2D eigenvalue weighted by Gasteiger charge is 2.44. The zero-order chi connectivity index (χ0) is 19.4. The van der Waals surface area contributed by atoms with E-state index in [0.717, 1.165) is 50.0 Å². The van der Waals surface area contributed by atoms with Crippen LogP contribution in [0.3, 0.4) is 0 Å². The number of likely N-dealkylation sites (N-methyl/N-ethyl adjacent to an activating group) is 1. The number of thioether (sulfide) groups is 1. The number of aliphatic carboxylic acids is 1. The molecule has 2 fully saturated rings. The quantitative estimate of drug-likeness (QED) is 0.711. The van der Waals surface area contributed by atoms with Crippen molar-refractivity contribution in [3.63, 3.8) is 0 Å². The standard InChI is InChI=1S/C21H30N2O3S/c1-3-23(14-19(24)25)17-12-16(13-17)22-20(26)21(10-4-5-11-21)27-18-8-6-15(2)7-9-18/h6-9,16-17H,3-5,10-14H2,1-2H3,(H,22,26)(H,24,25). The maximum atomic E-state index is 13.1. The zero-order valence-corrected chi connectivity index (χ0v) is 17.1. The molecule has 0 heterocycles. The van der Waals surface area contributed by atoms with Gasteiger partial charge in [0.15, 0.2) is 0 Å². The van der Waals surface area contributed by atoms with Gasteiger partial charge < -0.3 is 10.4 Å². The molecule has 2 saturated carbocycles. The number of hydrogen-bond donors (Lipinski definition) is 2. The number of amides is 1. The van der Waals surface area contributed by atoms with Gasteiger partial charge in [-0.25, -0.2) is 0 Å². The average molecular weight is 391 g/mol. The molecule has 2 aliphatic rings. The minimum Gasteiger partial charge on any atom is -0.480 e. The molecule has 0 spiro atoms. The molecule has 1 aromatic rings. The highest BCUT2D eigenvalue weighted by molar-refractivity contribution is 8.01. The monoisotopic (exact) mass is 390 g/mol. The summed E-state index contributed by atoms with van der Waals surface area (Å²) >= 11 is 1.71. The summed E-state index contributed by atoms with van der Waals surface area (Å²) in [5.41, 5.74) is 1.23. The van der Waals surface area contributed by atoms with Gasteiger partial charge in [-0.05, 0) is 51.3 Å². The first-order valence-corrected chi connectivity index (χ1v) is 10.8. The third-order valence-corrected chi connectivity index (χ3v) is 7.36. The molecule has 2 N–H and O–H groups in total. The summed E-state index contributed by atoms with van der Waals surface area (Å²) in [5.74, 6) is -0.626. The van der Waals surface area contributed by atoms with Gasteiger partial charge in [-0.15, -0.1) is 11.8 Å². The van der Waals surface area contributed by atoms with Crippen LogP contribution in [-0.2, 0) is 9.59 Å². The van der Waals surface area contributed by atoms with Crippen LogP contribution in [0.1, 0.15) is 51.0 Å². The van der Waals surface area contributed by atoms with Crippen LogP contribution in [0.15, 0.2) is 29.2 Å². The average Bonchev–Trinajstić information content (AvgIpc) is 3.07. The van der Waals surface area contributed by atoms with Crippen LogP contribution in [0.2, 0.25) is 0 Å². The molecule has 0 aliphatic heterocycles. The predicted molar refractivity (Wildman–Crippen MR) is 108 cm³/mol. The summed E-state index contributed by atoms with van der Waals surface area (Å²) in [7, 11) is 0. The van der Waals surface area contributed by atoms with Crippen LogP contribution in [0.25, 0.3) is 0 Å². The van der Waals surface area contributed by atoms with E-state index in [1.54, 1.807) is 11.8 Å². The Morgan fingerprint density at radius 3 is 2.41 bits per heavy atom. The summed E-state index contributed by atoms with van der Waals surface area (Å²) in [6.45, 7) is 4.87. The molecule has 0 aromatic heterocycles. The molecule has 2 aliphatic carbocycles. The minimum atomic E-state index is -0.788. The number of hydrogen-bond acceptors (Lipinski definition) is 4. The van der Waals surface area contributed by atoms with Crippen molar-refractivity contribution in [3.8, 4) is 0 Å². The largest absolute Gasteiger partial charge is 0.480 e. The van der Waals surface area contributed by atoms with Crippen LogP contribution in [-0.4, -0.2) is 51.8 Å². The molecule has 0 atom stereocenters. The molecule has 1 aromatic carbocycles. The summed E-state index contributed by atoms with van der Waals surface area (Å²) in [5, 5.41) is 12.3. The van der Waals surface area contributed by atoms with Gasteiger partial charge in [-0.3, -0.25) is 14.5 Å². The lowest BCUT2D eigenvalue weighted by atomic mass is 9.85. The summed E-state index contributed by atoms with van der Waals surface area (Å²) in [4.78, 5) is 27.2. The van der Waals surface area contributed by atoms with Crippen LogP contribution >= 0.6 is 11.8 Å². The normalized spacial score (nSPS) is 23.8.